The maximum absolute atomic E-state index is 14.4. The van der Waals surface area contributed by atoms with Gasteiger partial charge >= 0.3 is 6.03 Å². The van der Waals surface area contributed by atoms with Crippen molar-refractivity contribution in [1.82, 2.24) is 19.9 Å². The minimum atomic E-state index is -1.06. The first kappa shape index (κ1) is 20.8. The number of nitrogens with one attached hydrogen (secondary N) is 2. The highest BCUT2D eigenvalue weighted by atomic mass is 35.5. The molecule has 2 fully saturated rings. The number of hydrogen-bond acceptors (Lipinski definition) is 5. The number of fused-ring (bicyclic) bond motifs is 1. The molecule has 5 rings (SSSR count). The highest BCUT2D eigenvalue weighted by molar-refractivity contribution is 6.33. The first-order chi connectivity index (χ1) is 15.3. The summed E-state index contributed by atoms with van der Waals surface area (Å²) in [5.74, 6) is -0.819. The van der Waals surface area contributed by atoms with Crippen molar-refractivity contribution in [2.75, 3.05) is 16.8 Å². The van der Waals surface area contributed by atoms with Crippen LogP contribution in [0, 0.1) is 11.6 Å². The van der Waals surface area contributed by atoms with Crippen molar-refractivity contribution in [1.29, 1.82) is 0 Å². The van der Waals surface area contributed by atoms with E-state index in [9.17, 15) is 23.1 Å². The minimum absolute atomic E-state index is 0.0217. The number of hydrogen-bond donors (Lipinski definition) is 3. The fourth-order valence-corrected chi connectivity index (χ4v) is 4.14. The van der Waals surface area contributed by atoms with Crippen molar-refractivity contribution in [3.8, 4) is 0 Å². The molecule has 3 heterocycles. The van der Waals surface area contributed by atoms with Gasteiger partial charge in [-0.25, -0.2) is 27.5 Å². The van der Waals surface area contributed by atoms with Gasteiger partial charge in [0.05, 0.1) is 18.2 Å². The molecule has 2 amide bonds. The number of carbonyl (C=O) groups excluding carboxylic acids is 1. The molecule has 0 spiro atoms. The van der Waals surface area contributed by atoms with Crippen LogP contribution in [0.3, 0.4) is 0 Å². The van der Waals surface area contributed by atoms with Crippen LogP contribution in [0.1, 0.15) is 24.4 Å². The summed E-state index contributed by atoms with van der Waals surface area (Å²) in [6.45, 7) is 0.147. The number of halogens is 4. The SMILES string of the molecule is O=C(Nc1c(Cl)nn2ccc(N3C[C@H](O)C[C@@H]3c3cc(F)ccc3F)nc12)N[C@H]1C[C@H]1F. The molecule has 1 aliphatic carbocycles. The molecular formula is C20H18ClF3N6O2. The second kappa shape index (κ2) is 7.82. The van der Waals surface area contributed by atoms with Crippen LogP contribution in [-0.4, -0.2) is 50.6 Å². The maximum Gasteiger partial charge on any atom is 0.319 e. The summed E-state index contributed by atoms with van der Waals surface area (Å²) in [7, 11) is 0. The number of benzene rings is 1. The maximum atomic E-state index is 14.4. The van der Waals surface area contributed by atoms with Gasteiger partial charge in [0.1, 0.15) is 29.3 Å². The molecule has 0 radical (unpaired) electrons. The number of anilines is 2. The fraction of sp³-hybridized carbons (Fsp3) is 0.350. The molecule has 32 heavy (non-hydrogen) atoms. The average Bonchev–Trinajstić information content (AvgIpc) is 3.15. The first-order valence-corrected chi connectivity index (χ1v) is 10.3. The fourth-order valence-electron chi connectivity index (χ4n) is 3.92. The van der Waals surface area contributed by atoms with E-state index in [0.717, 1.165) is 18.2 Å². The molecule has 0 bridgehead atoms. The second-order valence-corrected chi connectivity index (χ2v) is 8.26. The summed E-state index contributed by atoms with van der Waals surface area (Å²) >= 11 is 6.16. The lowest BCUT2D eigenvalue weighted by molar-refractivity contribution is 0.194. The molecule has 4 atom stereocenters. The van der Waals surface area contributed by atoms with Gasteiger partial charge in [-0.05, 0) is 30.7 Å². The molecule has 12 heteroatoms. The Morgan fingerprint density at radius 1 is 1.25 bits per heavy atom. The van der Waals surface area contributed by atoms with Gasteiger partial charge in [-0.3, -0.25) is 0 Å². The molecule has 3 aromatic rings. The van der Waals surface area contributed by atoms with Crippen molar-refractivity contribution in [2.24, 2.45) is 0 Å². The molecule has 1 aliphatic heterocycles. The third-order valence-electron chi connectivity index (χ3n) is 5.59. The summed E-state index contributed by atoms with van der Waals surface area (Å²) in [5.41, 5.74) is 0.433. The van der Waals surface area contributed by atoms with Gasteiger partial charge in [0.2, 0.25) is 0 Å². The van der Waals surface area contributed by atoms with Gasteiger partial charge in [0.15, 0.2) is 10.8 Å². The Balaban J connectivity index is 1.48. The van der Waals surface area contributed by atoms with Crippen molar-refractivity contribution >= 4 is 34.8 Å². The highest BCUT2D eigenvalue weighted by Gasteiger charge is 2.39. The summed E-state index contributed by atoms with van der Waals surface area (Å²) < 4.78 is 42.6. The number of β-amino-alcohol motifs (C(OH)–C–C–N with tert-alkyl or cyclic N) is 1. The number of carbonyl (C=O) groups is 1. The number of aromatic nitrogens is 3. The standard InChI is InChI=1S/C20H18ClF3N6O2/c21-18-17(27-20(32)25-14-7-13(14)24)19-26-16(3-4-30(19)28-18)29-8-10(31)6-15(29)11-5-9(22)1-2-12(11)23/h1-5,10,13-15,31H,6-8H2,(H2,25,27,32)/t10-,13-,14+,15-/m1/s1. The normalized spacial score (nSPS) is 24.7. The van der Waals surface area contributed by atoms with Crippen LogP contribution in [0.2, 0.25) is 5.15 Å². The number of aliphatic hydroxyl groups excluding tert-OH is 1. The molecule has 168 valence electrons. The number of amides is 2. The third kappa shape index (κ3) is 3.82. The molecule has 2 aromatic heterocycles. The van der Waals surface area contributed by atoms with E-state index in [1.54, 1.807) is 17.2 Å². The minimum Gasteiger partial charge on any atom is -0.391 e. The number of nitrogens with zero attached hydrogens (tertiary/aromatic N) is 4. The molecular weight excluding hydrogens is 449 g/mol. The monoisotopic (exact) mass is 466 g/mol. The Bertz CT molecular complexity index is 1210. The second-order valence-electron chi connectivity index (χ2n) is 7.90. The zero-order chi connectivity index (χ0) is 22.6. The summed E-state index contributed by atoms with van der Waals surface area (Å²) in [6, 6.07) is 2.95. The van der Waals surface area contributed by atoms with Crippen LogP contribution in [0.25, 0.3) is 5.65 Å². The van der Waals surface area contributed by atoms with Crippen LogP contribution in [0.4, 0.5) is 29.5 Å². The van der Waals surface area contributed by atoms with Crippen molar-refractivity contribution < 1.29 is 23.1 Å². The van der Waals surface area contributed by atoms with Crippen LogP contribution >= 0.6 is 11.6 Å². The van der Waals surface area contributed by atoms with E-state index in [0.29, 0.717) is 5.82 Å². The summed E-state index contributed by atoms with van der Waals surface area (Å²) in [6.07, 6.45) is 0.158. The molecule has 2 aliphatic rings. The van der Waals surface area contributed by atoms with E-state index in [4.69, 9.17) is 11.6 Å². The van der Waals surface area contributed by atoms with E-state index < -0.39 is 42.0 Å². The van der Waals surface area contributed by atoms with E-state index >= 15 is 0 Å². The van der Waals surface area contributed by atoms with Crippen LogP contribution < -0.4 is 15.5 Å². The van der Waals surface area contributed by atoms with Gasteiger partial charge in [-0.1, -0.05) is 11.6 Å². The average molecular weight is 467 g/mol. The highest BCUT2D eigenvalue weighted by Crippen LogP contribution is 2.38. The van der Waals surface area contributed by atoms with Crippen molar-refractivity contribution in [3.05, 3.63) is 52.8 Å². The smallest absolute Gasteiger partial charge is 0.319 e. The number of alkyl halides is 1. The molecule has 8 nitrogen and oxygen atoms in total. The lowest BCUT2D eigenvalue weighted by Crippen LogP contribution is -2.31. The zero-order valence-corrected chi connectivity index (χ0v) is 17.2. The number of urea groups is 1. The van der Waals surface area contributed by atoms with Gasteiger partial charge < -0.3 is 20.6 Å². The Labute approximate surface area is 185 Å². The molecule has 1 saturated heterocycles. The van der Waals surface area contributed by atoms with Crippen LogP contribution in [0.5, 0.6) is 0 Å². The molecule has 3 N–H and O–H groups in total. The lowest BCUT2D eigenvalue weighted by atomic mass is 10.0. The Kier molecular flexibility index (Phi) is 5.09. The molecule has 1 aromatic carbocycles. The van der Waals surface area contributed by atoms with Crippen LogP contribution in [0.15, 0.2) is 30.5 Å². The van der Waals surface area contributed by atoms with E-state index in [-0.39, 0.29) is 41.4 Å². The summed E-state index contributed by atoms with van der Waals surface area (Å²) in [5, 5.41) is 19.3. The van der Waals surface area contributed by atoms with Gasteiger partial charge in [0.25, 0.3) is 0 Å². The van der Waals surface area contributed by atoms with E-state index in [1.807, 2.05) is 0 Å². The molecule has 0 unspecified atom stereocenters. The largest absolute Gasteiger partial charge is 0.391 e. The van der Waals surface area contributed by atoms with E-state index in [2.05, 4.69) is 20.7 Å². The predicted octanol–water partition coefficient (Wildman–Crippen LogP) is 3.21. The topological polar surface area (TPSA) is 94.8 Å². The first-order valence-electron chi connectivity index (χ1n) is 9.96. The predicted molar refractivity (Wildman–Crippen MR) is 111 cm³/mol. The number of rotatable bonds is 4. The lowest BCUT2D eigenvalue weighted by Gasteiger charge is -2.26. The quantitative estimate of drug-likeness (QED) is 0.549. The zero-order valence-electron chi connectivity index (χ0n) is 16.5. The Morgan fingerprint density at radius 2 is 2.03 bits per heavy atom. The van der Waals surface area contributed by atoms with E-state index in [1.165, 1.54) is 4.52 Å². The van der Waals surface area contributed by atoms with Gasteiger partial charge in [-0.15, -0.1) is 0 Å². The van der Waals surface area contributed by atoms with Crippen molar-refractivity contribution in [2.45, 2.75) is 37.2 Å². The Morgan fingerprint density at radius 3 is 2.78 bits per heavy atom. The summed E-state index contributed by atoms with van der Waals surface area (Å²) in [4.78, 5) is 18.3. The van der Waals surface area contributed by atoms with Gasteiger partial charge in [0, 0.05) is 24.7 Å². The Hall–Kier alpha value is -3.05. The molecule has 1 saturated carbocycles. The van der Waals surface area contributed by atoms with Crippen LogP contribution in [-0.2, 0) is 0 Å². The van der Waals surface area contributed by atoms with Crippen molar-refractivity contribution in [3.63, 3.8) is 0 Å². The number of aliphatic hydroxyl groups is 1. The third-order valence-corrected chi connectivity index (χ3v) is 5.85. The van der Waals surface area contributed by atoms with Gasteiger partial charge in [-0.2, -0.15) is 5.10 Å².